The minimum atomic E-state index is -4.56. The van der Waals surface area contributed by atoms with Crippen molar-refractivity contribution in [3.8, 4) is 0 Å². The summed E-state index contributed by atoms with van der Waals surface area (Å²) in [6.07, 6.45) is -4.56. The van der Waals surface area contributed by atoms with E-state index in [-0.39, 0.29) is 10.6 Å². The molecule has 0 unspecified atom stereocenters. The van der Waals surface area contributed by atoms with E-state index >= 15 is 0 Å². The summed E-state index contributed by atoms with van der Waals surface area (Å²) >= 11 is 0. The van der Waals surface area contributed by atoms with Crippen LogP contribution in [0.1, 0.15) is 25.0 Å². The first-order valence-electron chi connectivity index (χ1n) is 8.14. The van der Waals surface area contributed by atoms with Crippen molar-refractivity contribution in [2.24, 2.45) is 0 Å². The highest BCUT2D eigenvalue weighted by Gasteiger charge is 2.32. The van der Waals surface area contributed by atoms with Crippen molar-refractivity contribution < 1.29 is 21.6 Å². The molecule has 0 atom stereocenters. The van der Waals surface area contributed by atoms with Crippen LogP contribution < -0.4 is 9.62 Å². The highest BCUT2D eigenvalue weighted by molar-refractivity contribution is 7.92. The Bertz CT molecular complexity index is 859. The SMILES string of the molecule is CCN(CC)c1ccc(C(F)(F)F)cc1NS(=O)(=O)c1ccc(C)cc1. The third-order valence-electron chi connectivity index (χ3n) is 4.00. The topological polar surface area (TPSA) is 49.4 Å². The van der Waals surface area contributed by atoms with E-state index in [2.05, 4.69) is 4.72 Å². The number of halogens is 3. The van der Waals surface area contributed by atoms with Gasteiger partial charge in [-0.3, -0.25) is 4.72 Å². The van der Waals surface area contributed by atoms with Gasteiger partial charge in [-0.1, -0.05) is 17.7 Å². The summed E-state index contributed by atoms with van der Waals surface area (Å²) < 4.78 is 66.8. The molecule has 0 aliphatic heterocycles. The molecule has 0 fully saturated rings. The molecular formula is C18H21F3N2O2S. The quantitative estimate of drug-likeness (QED) is 0.786. The van der Waals surface area contributed by atoms with Crippen molar-refractivity contribution in [3.63, 3.8) is 0 Å². The summed E-state index contributed by atoms with van der Waals surface area (Å²) in [5.74, 6) is 0. The first kappa shape index (κ1) is 20.1. The number of aryl methyl sites for hydroxylation is 1. The van der Waals surface area contributed by atoms with Gasteiger partial charge in [0.25, 0.3) is 10.0 Å². The number of nitrogens with zero attached hydrogens (tertiary/aromatic N) is 1. The zero-order valence-electron chi connectivity index (χ0n) is 14.8. The molecule has 0 aliphatic rings. The van der Waals surface area contributed by atoms with Crippen LogP contribution in [0.2, 0.25) is 0 Å². The molecule has 4 nitrogen and oxygen atoms in total. The molecule has 26 heavy (non-hydrogen) atoms. The smallest absolute Gasteiger partial charge is 0.370 e. The van der Waals surface area contributed by atoms with Gasteiger partial charge in [-0.2, -0.15) is 13.2 Å². The number of anilines is 2. The van der Waals surface area contributed by atoms with Crippen LogP contribution in [0, 0.1) is 6.92 Å². The van der Waals surface area contributed by atoms with Crippen LogP contribution in [0.5, 0.6) is 0 Å². The molecule has 8 heteroatoms. The second-order valence-electron chi connectivity index (χ2n) is 5.82. The second kappa shape index (κ2) is 7.57. The number of sulfonamides is 1. The van der Waals surface area contributed by atoms with Gasteiger partial charge in [-0.25, -0.2) is 8.42 Å². The highest BCUT2D eigenvalue weighted by atomic mass is 32.2. The molecule has 2 aromatic carbocycles. The van der Waals surface area contributed by atoms with Gasteiger partial charge >= 0.3 is 6.18 Å². The largest absolute Gasteiger partial charge is 0.416 e. The number of hydrogen-bond donors (Lipinski definition) is 1. The van der Waals surface area contributed by atoms with Crippen molar-refractivity contribution in [1.29, 1.82) is 0 Å². The van der Waals surface area contributed by atoms with E-state index in [1.165, 1.54) is 18.2 Å². The van der Waals surface area contributed by atoms with Crippen molar-refractivity contribution in [1.82, 2.24) is 0 Å². The molecule has 0 saturated carbocycles. The standard InChI is InChI=1S/C18H21F3N2O2S/c1-4-23(5-2)17-11-8-14(18(19,20)21)12-16(17)22-26(24,25)15-9-6-13(3)7-10-15/h6-12,22H,4-5H2,1-3H3. The van der Waals surface area contributed by atoms with Gasteiger partial charge in [-0.15, -0.1) is 0 Å². The Kier molecular flexibility index (Phi) is 5.85. The maximum absolute atomic E-state index is 13.1. The van der Waals surface area contributed by atoms with Gasteiger partial charge in [0.1, 0.15) is 0 Å². The minimum Gasteiger partial charge on any atom is -0.370 e. The van der Waals surface area contributed by atoms with Crippen LogP contribution in [0.4, 0.5) is 24.5 Å². The highest BCUT2D eigenvalue weighted by Crippen LogP contribution is 2.36. The average molecular weight is 386 g/mol. The summed E-state index contributed by atoms with van der Waals surface area (Å²) in [4.78, 5) is 1.78. The lowest BCUT2D eigenvalue weighted by atomic mass is 10.1. The van der Waals surface area contributed by atoms with E-state index in [1.54, 1.807) is 17.0 Å². The Morgan fingerprint density at radius 1 is 1.00 bits per heavy atom. The Labute approximate surface area is 151 Å². The van der Waals surface area contributed by atoms with E-state index in [0.717, 1.165) is 17.7 Å². The molecule has 142 valence electrons. The zero-order valence-corrected chi connectivity index (χ0v) is 15.6. The number of hydrogen-bond acceptors (Lipinski definition) is 3. The van der Waals surface area contributed by atoms with Crippen molar-refractivity contribution >= 4 is 21.4 Å². The molecule has 0 radical (unpaired) electrons. The van der Waals surface area contributed by atoms with Gasteiger partial charge in [0.15, 0.2) is 0 Å². The zero-order chi connectivity index (χ0) is 19.5. The summed E-state index contributed by atoms with van der Waals surface area (Å²) in [5.41, 5.74) is 0.282. The summed E-state index contributed by atoms with van der Waals surface area (Å²) in [6.45, 7) is 6.57. The Morgan fingerprint density at radius 3 is 2.08 bits per heavy atom. The third-order valence-corrected chi connectivity index (χ3v) is 5.39. The van der Waals surface area contributed by atoms with Gasteiger partial charge in [-0.05, 0) is 51.1 Å². The fourth-order valence-electron chi connectivity index (χ4n) is 2.56. The molecule has 0 bridgehead atoms. The molecule has 0 heterocycles. The maximum atomic E-state index is 13.1. The maximum Gasteiger partial charge on any atom is 0.416 e. The Morgan fingerprint density at radius 2 is 1.58 bits per heavy atom. The van der Waals surface area contributed by atoms with Crippen LogP contribution in [-0.4, -0.2) is 21.5 Å². The lowest BCUT2D eigenvalue weighted by molar-refractivity contribution is -0.137. The van der Waals surface area contributed by atoms with E-state index in [0.29, 0.717) is 18.8 Å². The average Bonchev–Trinajstić information content (AvgIpc) is 2.56. The fourth-order valence-corrected chi connectivity index (χ4v) is 3.62. The predicted molar refractivity (Wildman–Crippen MR) is 97.0 cm³/mol. The molecule has 2 rings (SSSR count). The Hall–Kier alpha value is -2.22. The van der Waals surface area contributed by atoms with Crippen LogP contribution in [0.25, 0.3) is 0 Å². The molecule has 0 saturated heterocycles. The lowest BCUT2D eigenvalue weighted by Gasteiger charge is -2.25. The summed E-state index contributed by atoms with van der Waals surface area (Å²) in [5, 5.41) is 0. The van der Waals surface area contributed by atoms with E-state index in [4.69, 9.17) is 0 Å². The van der Waals surface area contributed by atoms with Crippen LogP contribution >= 0.6 is 0 Å². The van der Waals surface area contributed by atoms with Gasteiger partial charge < -0.3 is 4.90 Å². The first-order chi connectivity index (χ1) is 12.1. The van der Waals surface area contributed by atoms with E-state index in [1.807, 2.05) is 20.8 Å². The summed E-state index contributed by atoms with van der Waals surface area (Å²) in [7, 11) is -4.01. The lowest BCUT2D eigenvalue weighted by Crippen LogP contribution is -2.24. The van der Waals surface area contributed by atoms with Gasteiger partial charge in [0.2, 0.25) is 0 Å². The van der Waals surface area contributed by atoms with Gasteiger partial charge in [0, 0.05) is 13.1 Å². The molecule has 0 spiro atoms. The number of alkyl halides is 3. The van der Waals surface area contributed by atoms with Crippen LogP contribution in [-0.2, 0) is 16.2 Å². The first-order valence-corrected chi connectivity index (χ1v) is 9.62. The normalized spacial score (nSPS) is 12.1. The Balaban J connectivity index is 2.52. The molecule has 0 amide bonds. The fraction of sp³-hybridized carbons (Fsp3) is 0.333. The summed E-state index contributed by atoms with van der Waals surface area (Å²) in [6, 6.07) is 9.18. The van der Waals surface area contributed by atoms with E-state index < -0.39 is 21.8 Å². The third kappa shape index (κ3) is 4.49. The van der Waals surface area contributed by atoms with Crippen LogP contribution in [0.15, 0.2) is 47.4 Å². The van der Waals surface area contributed by atoms with Crippen LogP contribution in [0.3, 0.4) is 0 Å². The van der Waals surface area contributed by atoms with Gasteiger partial charge in [0.05, 0.1) is 21.8 Å². The number of rotatable bonds is 6. The van der Waals surface area contributed by atoms with Crippen molar-refractivity contribution in [3.05, 3.63) is 53.6 Å². The predicted octanol–water partition coefficient (Wildman–Crippen LogP) is 4.66. The number of nitrogens with one attached hydrogen (secondary N) is 1. The van der Waals surface area contributed by atoms with Crippen molar-refractivity contribution in [2.75, 3.05) is 22.7 Å². The second-order valence-corrected chi connectivity index (χ2v) is 7.50. The van der Waals surface area contributed by atoms with Crippen molar-refractivity contribution in [2.45, 2.75) is 31.8 Å². The molecule has 0 aliphatic carbocycles. The molecular weight excluding hydrogens is 365 g/mol. The minimum absolute atomic E-state index is 0.00833. The van der Waals surface area contributed by atoms with E-state index in [9.17, 15) is 21.6 Å². The molecule has 0 aromatic heterocycles. The monoisotopic (exact) mass is 386 g/mol. The molecule has 1 N–H and O–H groups in total. The number of benzene rings is 2. The molecule has 2 aromatic rings.